The Kier molecular flexibility index (Phi) is 3.02. The Morgan fingerprint density at radius 1 is 1.28 bits per heavy atom. The molecule has 0 aromatic carbocycles. The molecule has 0 unspecified atom stereocenters. The number of likely N-dealkylation sites (tertiary alicyclic amines) is 1. The summed E-state index contributed by atoms with van der Waals surface area (Å²) in [5, 5.41) is 0.385. The molecule has 4 heteroatoms. The van der Waals surface area contributed by atoms with E-state index < -0.39 is 0 Å². The average molecular weight is 265 g/mol. The lowest BCUT2D eigenvalue weighted by molar-refractivity contribution is 0.0767. The number of aromatic nitrogens is 1. The van der Waals surface area contributed by atoms with Crippen molar-refractivity contribution in [3.63, 3.8) is 0 Å². The second-order valence-corrected chi connectivity index (χ2v) is 5.92. The molecule has 0 N–H and O–H groups in total. The highest BCUT2D eigenvalue weighted by Crippen LogP contribution is 2.45. The molecule has 0 radical (unpaired) electrons. The van der Waals surface area contributed by atoms with Gasteiger partial charge in [-0.15, -0.1) is 0 Å². The molecular formula is C14H17ClN2O. The van der Waals surface area contributed by atoms with Crippen LogP contribution in [-0.2, 0) is 0 Å². The van der Waals surface area contributed by atoms with Gasteiger partial charge in [-0.3, -0.25) is 4.79 Å². The molecule has 1 spiro atoms. The first kappa shape index (κ1) is 12.0. The van der Waals surface area contributed by atoms with Crippen molar-refractivity contribution in [3.05, 3.63) is 29.0 Å². The van der Waals surface area contributed by atoms with Gasteiger partial charge in [-0.05, 0) is 36.8 Å². The van der Waals surface area contributed by atoms with Crippen LogP contribution < -0.4 is 0 Å². The van der Waals surface area contributed by atoms with Crippen LogP contribution in [0.3, 0.4) is 0 Å². The maximum absolute atomic E-state index is 12.3. The van der Waals surface area contributed by atoms with Crippen LogP contribution in [0.15, 0.2) is 18.2 Å². The van der Waals surface area contributed by atoms with Crippen molar-refractivity contribution >= 4 is 17.5 Å². The van der Waals surface area contributed by atoms with Crippen LogP contribution in [0.5, 0.6) is 0 Å². The van der Waals surface area contributed by atoms with Gasteiger partial charge in [-0.1, -0.05) is 30.5 Å². The summed E-state index contributed by atoms with van der Waals surface area (Å²) in [7, 11) is 0. The molecular weight excluding hydrogens is 248 g/mol. The Balaban J connectivity index is 1.74. The van der Waals surface area contributed by atoms with Crippen LogP contribution in [0.4, 0.5) is 0 Å². The lowest BCUT2D eigenvalue weighted by Crippen LogP contribution is -2.31. The normalized spacial score (nSPS) is 21.7. The summed E-state index contributed by atoms with van der Waals surface area (Å²) >= 11 is 5.83. The largest absolute Gasteiger partial charge is 0.337 e. The molecule has 1 aromatic heterocycles. The number of hydrogen-bond donors (Lipinski definition) is 0. The van der Waals surface area contributed by atoms with E-state index in [1.165, 1.54) is 25.7 Å². The predicted octanol–water partition coefficient (Wildman–Crippen LogP) is 3.14. The fourth-order valence-corrected chi connectivity index (χ4v) is 3.49. The summed E-state index contributed by atoms with van der Waals surface area (Å²) in [4.78, 5) is 18.4. The molecule has 96 valence electrons. The summed E-state index contributed by atoms with van der Waals surface area (Å²) in [6, 6.07) is 5.22. The molecule has 0 bridgehead atoms. The molecule has 1 amide bonds. The van der Waals surface area contributed by atoms with Crippen LogP contribution in [0, 0.1) is 5.41 Å². The molecule has 1 aliphatic heterocycles. The number of carbonyl (C=O) groups excluding carboxylic acids is 1. The van der Waals surface area contributed by atoms with Crippen molar-refractivity contribution in [2.75, 3.05) is 13.1 Å². The molecule has 1 saturated heterocycles. The molecule has 1 aliphatic carbocycles. The summed E-state index contributed by atoms with van der Waals surface area (Å²) in [5.74, 6) is 0.0290. The molecule has 1 saturated carbocycles. The standard InChI is InChI=1S/C14H17ClN2O/c15-12-5-3-4-11(16-12)13(18)17-9-8-14(10-17)6-1-2-7-14/h3-5H,1-2,6-10H2. The lowest BCUT2D eigenvalue weighted by Gasteiger charge is -2.23. The fraction of sp³-hybridized carbons (Fsp3) is 0.571. The minimum atomic E-state index is 0.0290. The van der Waals surface area contributed by atoms with Crippen molar-refractivity contribution in [2.24, 2.45) is 5.41 Å². The van der Waals surface area contributed by atoms with Crippen molar-refractivity contribution < 1.29 is 4.79 Å². The van der Waals surface area contributed by atoms with E-state index in [4.69, 9.17) is 11.6 Å². The molecule has 3 nitrogen and oxygen atoms in total. The quantitative estimate of drug-likeness (QED) is 0.730. The topological polar surface area (TPSA) is 33.2 Å². The van der Waals surface area contributed by atoms with Gasteiger partial charge in [0.05, 0.1) is 0 Å². The maximum Gasteiger partial charge on any atom is 0.272 e. The van der Waals surface area contributed by atoms with Crippen molar-refractivity contribution in [3.8, 4) is 0 Å². The highest BCUT2D eigenvalue weighted by atomic mass is 35.5. The zero-order valence-electron chi connectivity index (χ0n) is 10.4. The van der Waals surface area contributed by atoms with E-state index in [1.54, 1.807) is 18.2 Å². The number of carbonyl (C=O) groups is 1. The van der Waals surface area contributed by atoms with Crippen LogP contribution >= 0.6 is 11.6 Å². The van der Waals surface area contributed by atoms with E-state index in [0.717, 1.165) is 19.5 Å². The molecule has 2 heterocycles. The zero-order valence-corrected chi connectivity index (χ0v) is 11.1. The fourth-order valence-electron chi connectivity index (χ4n) is 3.33. The summed E-state index contributed by atoms with van der Waals surface area (Å²) in [6.45, 7) is 1.77. The predicted molar refractivity (Wildman–Crippen MR) is 70.7 cm³/mol. The van der Waals surface area contributed by atoms with Crippen molar-refractivity contribution in [1.29, 1.82) is 0 Å². The van der Waals surface area contributed by atoms with Crippen molar-refractivity contribution in [1.82, 2.24) is 9.88 Å². The van der Waals surface area contributed by atoms with E-state index >= 15 is 0 Å². The first-order valence-electron chi connectivity index (χ1n) is 6.60. The molecule has 0 atom stereocenters. The number of halogens is 1. The first-order chi connectivity index (χ1) is 8.69. The molecule has 2 aliphatic rings. The van der Waals surface area contributed by atoms with E-state index in [-0.39, 0.29) is 5.91 Å². The van der Waals surface area contributed by atoms with E-state index in [2.05, 4.69) is 4.98 Å². The minimum Gasteiger partial charge on any atom is -0.337 e. The van der Waals surface area contributed by atoms with Gasteiger partial charge in [-0.25, -0.2) is 4.98 Å². The Bertz CT molecular complexity index is 469. The van der Waals surface area contributed by atoms with Crippen LogP contribution in [0.2, 0.25) is 5.15 Å². The number of pyridine rings is 1. The minimum absolute atomic E-state index is 0.0290. The summed E-state index contributed by atoms with van der Waals surface area (Å²) < 4.78 is 0. The molecule has 18 heavy (non-hydrogen) atoms. The second kappa shape index (κ2) is 4.54. The van der Waals surface area contributed by atoms with Gasteiger partial charge in [0.2, 0.25) is 0 Å². The van der Waals surface area contributed by atoms with E-state index in [0.29, 0.717) is 16.3 Å². The van der Waals surface area contributed by atoms with Gasteiger partial charge in [-0.2, -0.15) is 0 Å². The third kappa shape index (κ3) is 2.12. The van der Waals surface area contributed by atoms with Gasteiger partial charge in [0.25, 0.3) is 5.91 Å². The Morgan fingerprint density at radius 3 is 2.78 bits per heavy atom. The highest BCUT2D eigenvalue weighted by molar-refractivity contribution is 6.29. The number of rotatable bonds is 1. The van der Waals surface area contributed by atoms with Crippen LogP contribution in [-0.4, -0.2) is 28.9 Å². The Labute approximate surface area is 112 Å². The van der Waals surface area contributed by atoms with Crippen molar-refractivity contribution in [2.45, 2.75) is 32.1 Å². The molecule has 3 rings (SSSR count). The van der Waals surface area contributed by atoms with Gasteiger partial charge in [0.15, 0.2) is 0 Å². The van der Waals surface area contributed by atoms with Crippen LogP contribution in [0.1, 0.15) is 42.6 Å². The Hall–Kier alpha value is -1.09. The maximum atomic E-state index is 12.3. The van der Waals surface area contributed by atoms with Crippen LogP contribution in [0.25, 0.3) is 0 Å². The average Bonchev–Trinajstić information content (AvgIpc) is 3.00. The molecule has 2 fully saturated rings. The lowest BCUT2D eigenvalue weighted by atomic mass is 9.86. The zero-order chi connectivity index (χ0) is 12.6. The van der Waals surface area contributed by atoms with Gasteiger partial charge >= 0.3 is 0 Å². The third-order valence-electron chi connectivity index (χ3n) is 4.32. The first-order valence-corrected chi connectivity index (χ1v) is 6.98. The van der Waals surface area contributed by atoms with Gasteiger partial charge < -0.3 is 4.90 Å². The van der Waals surface area contributed by atoms with Gasteiger partial charge in [0, 0.05) is 13.1 Å². The van der Waals surface area contributed by atoms with E-state index in [1.807, 2.05) is 4.90 Å². The summed E-state index contributed by atoms with van der Waals surface area (Å²) in [5.41, 5.74) is 0.881. The number of hydrogen-bond acceptors (Lipinski definition) is 2. The SMILES string of the molecule is O=C(c1cccc(Cl)n1)N1CCC2(CCCC2)C1. The second-order valence-electron chi connectivity index (χ2n) is 5.53. The number of nitrogens with zero attached hydrogens (tertiary/aromatic N) is 2. The van der Waals surface area contributed by atoms with E-state index in [9.17, 15) is 4.79 Å². The Morgan fingerprint density at radius 2 is 2.06 bits per heavy atom. The third-order valence-corrected chi connectivity index (χ3v) is 4.53. The molecule has 1 aromatic rings. The summed E-state index contributed by atoms with van der Waals surface area (Å²) in [6.07, 6.45) is 6.34. The highest BCUT2D eigenvalue weighted by Gasteiger charge is 2.41. The smallest absolute Gasteiger partial charge is 0.272 e. The monoisotopic (exact) mass is 264 g/mol. The number of amides is 1. The van der Waals surface area contributed by atoms with Gasteiger partial charge in [0.1, 0.15) is 10.8 Å².